The number of aliphatic imine (C=N–C) groups is 1. The fraction of sp³-hybridized carbons (Fsp3) is 0.625. The number of guanidine groups is 1. The van der Waals surface area contributed by atoms with E-state index in [-0.39, 0.29) is 11.8 Å². The summed E-state index contributed by atoms with van der Waals surface area (Å²) < 4.78 is 0. The number of piperidine rings is 1. The Morgan fingerprint density at radius 2 is 1.69 bits per heavy atom. The molecule has 0 saturated carbocycles. The van der Waals surface area contributed by atoms with Gasteiger partial charge in [0.15, 0.2) is 5.96 Å². The van der Waals surface area contributed by atoms with E-state index < -0.39 is 0 Å². The van der Waals surface area contributed by atoms with Crippen molar-refractivity contribution in [2.45, 2.75) is 32.6 Å². The van der Waals surface area contributed by atoms with Gasteiger partial charge in [-0.25, -0.2) is 0 Å². The summed E-state index contributed by atoms with van der Waals surface area (Å²) in [6.07, 6.45) is 3.02. The first-order chi connectivity index (χ1) is 15.6. The van der Waals surface area contributed by atoms with Crippen molar-refractivity contribution in [3.8, 4) is 0 Å². The van der Waals surface area contributed by atoms with Crippen LogP contribution < -0.4 is 15.5 Å². The third-order valence-corrected chi connectivity index (χ3v) is 6.34. The highest BCUT2D eigenvalue weighted by atomic mass is 16.2. The lowest BCUT2D eigenvalue weighted by atomic mass is 9.93. The molecule has 0 atom stereocenters. The Balaban J connectivity index is 1.43. The Kier molecular flexibility index (Phi) is 9.19. The molecule has 1 aromatic carbocycles. The number of amides is 2. The number of carbonyl (C=O) groups excluding carboxylic acids is 2. The van der Waals surface area contributed by atoms with E-state index in [4.69, 9.17) is 4.99 Å². The van der Waals surface area contributed by atoms with Gasteiger partial charge in [-0.15, -0.1) is 0 Å². The van der Waals surface area contributed by atoms with Gasteiger partial charge in [-0.3, -0.25) is 14.6 Å². The Morgan fingerprint density at radius 1 is 1.00 bits per heavy atom. The van der Waals surface area contributed by atoms with Crippen LogP contribution in [0.1, 0.15) is 32.6 Å². The molecule has 0 aliphatic carbocycles. The second kappa shape index (κ2) is 12.3. The lowest BCUT2D eigenvalue weighted by Crippen LogP contribution is -2.49. The van der Waals surface area contributed by atoms with Crippen LogP contribution in [0.15, 0.2) is 35.3 Å². The van der Waals surface area contributed by atoms with Crippen molar-refractivity contribution >= 4 is 23.5 Å². The van der Waals surface area contributed by atoms with Gasteiger partial charge in [0.1, 0.15) is 0 Å². The Morgan fingerprint density at radius 3 is 2.31 bits per heavy atom. The first-order valence-electron chi connectivity index (χ1n) is 11.9. The first-order valence-corrected chi connectivity index (χ1v) is 11.9. The highest BCUT2D eigenvalue weighted by molar-refractivity contribution is 5.81. The van der Waals surface area contributed by atoms with Crippen LogP contribution in [0.25, 0.3) is 0 Å². The number of nitrogens with zero attached hydrogens (tertiary/aromatic N) is 4. The monoisotopic (exact) mass is 442 g/mol. The number of anilines is 1. The van der Waals surface area contributed by atoms with Gasteiger partial charge in [0.25, 0.3) is 0 Å². The van der Waals surface area contributed by atoms with Gasteiger partial charge in [0.05, 0.1) is 6.54 Å². The van der Waals surface area contributed by atoms with Crippen molar-refractivity contribution in [3.63, 3.8) is 0 Å². The normalized spacial score (nSPS) is 17.9. The van der Waals surface area contributed by atoms with E-state index >= 15 is 0 Å². The molecule has 8 nitrogen and oxygen atoms in total. The predicted octanol–water partition coefficient (Wildman–Crippen LogP) is 1.54. The molecule has 2 aliphatic heterocycles. The number of hydrogen-bond donors (Lipinski definition) is 2. The topological polar surface area (TPSA) is 80.3 Å². The zero-order chi connectivity index (χ0) is 22.8. The average Bonchev–Trinajstić information content (AvgIpc) is 2.84. The molecule has 176 valence electrons. The highest BCUT2D eigenvalue weighted by Gasteiger charge is 2.24. The molecule has 0 bridgehead atoms. The van der Waals surface area contributed by atoms with Crippen molar-refractivity contribution in [3.05, 3.63) is 30.3 Å². The van der Waals surface area contributed by atoms with Crippen LogP contribution in [0.3, 0.4) is 0 Å². The van der Waals surface area contributed by atoms with Crippen molar-refractivity contribution in [2.24, 2.45) is 10.9 Å². The number of carbonyl (C=O) groups is 2. The minimum absolute atomic E-state index is 0.118. The Bertz CT molecular complexity index is 753. The van der Waals surface area contributed by atoms with E-state index in [1.165, 1.54) is 5.69 Å². The number of nitrogens with one attached hydrogen (secondary N) is 2. The molecule has 2 aliphatic rings. The quantitative estimate of drug-likeness (QED) is 0.495. The second-order valence-corrected chi connectivity index (χ2v) is 8.50. The molecule has 0 aromatic heterocycles. The second-order valence-electron chi connectivity index (χ2n) is 8.50. The number of piperazine rings is 1. The molecule has 0 unspecified atom stereocenters. The molecule has 2 N–H and O–H groups in total. The molecule has 8 heteroatoms. The molecule has 3 rings (SSSR count). The van der Waals surface area contributed by atoms with Gasteiger partial charge in [-0.05, 0) is 37.8 Å². The third kappa shape index (κ3) is 6.87. The van der Waals surface area contributed by atoms with Crippen LogP contribution in [0, 0.1) is 5.92 Å². The summed E-state index contributed by atoms with van der Waals surface area (Å²) in [6, 6.07) is 10.4. The zero-order valence-electron chi connectivity index (χ0n) is 19.6. The van der Waals surface area contributed by atoms with E-state index in [9.17, 15) is 9.59 Å². The lowest BCUT2D eigenvalue weighted by molar-refractivity contribution is -0.131. The predicted molar refractivity (Wildman–Crippen MR) is 129 cm³/mol. The number of likely N-dealkylation sites (tertiary alicyclic amines) is 1. The fourth-order valence-electron chi connectivity index (χ4n) is 4.41. The third-order valence-electron chi connectivity index (χ3n) is 6.34. The average molecular weight is 443 g/mol. The maximum absolute atomic E-state index is 12.7. The number of para-hydroxylation sites is 1. The smallest absolute Gasteiger partial charge is 0.224 e. The number of benzene rings is 1. The highest BCUT2D eigenvalue weighted by Crippen LogP contribution is 2.20. The summed E-state index contributed by atoms with van der Waals surface area (Å²) in [4.78, 5) is 35.6. The minimum atomic E-state index is 0.118. The summed E-state index contributed by atoms with van der Waals surface area (Å²) in [5.41, 5.74) is 1.22. The van der Waals surface area contributed by atoms with E-state index in [0.29, 0.717) is 25.3 Å². The Labute approximate surface area is 192 Å². The number of rotatable bonds is 7. The van der Waals surface area contributed by atoms with Gasteiger partial charge in [-0.2, -0.15) is 0 Å². The van der Waals surface area contributed by atoms with Gasteiger partial charge >= 0.3 is 0 Å². The summed E-state index contributed by atoms with van der Waals surface area (Å²) in [5, 5.41) is 6.08. The van der Waals surface area contributed by atoms with E-state index in [1.54, 1.807) is 7.05 Å². The molecule has 2 heterocycles. The largest absolute Gasteiger partial charge is 0.368 e. The van der Waals surface area contributed by atoms with E-state index in [0.717, 1.165) is 64.6 Å². The van der Waals surface area contributed by atoms with Crippen LogP contribution in [-0.2, 0) is 9.59 Å². The first kappa shape index (κ1) is 23.9. The standard InChI is InChI=1S/C24H38N6O2/c1-3-26-24(30-13-10-20(11-14-30)19-22(31)25-2)27-12-9-23(32)29-17-15-28(16-18-29)21-7-5-4-6-8-21/h4-8,20H,3,9-19H2,1-2H3,(H,25,31)(H,26,27). The van der Waals surface area contributed by atoms with Crippen LogP contribution in [0.4, 0.5) is 5.69 Å². The van der Waals surface area contributed by atoms with Crippen LogP contribution in [0.5, 0.6) is 0 Å². The minimum Gasteiger partial charge on any atom is -0.368 e. The molecule has 2 fully saturated rings. The van der Waals surface area contributed by atoms with E-state index in [1.807, 2.05) is 11.0 Å². The van der Waals surface area contributed by atoms with E-state index in [2.05, 4.69) is 51.6 Å². The van der Waals surface area contributed by atoms with Gasteiger partial charge in [-0.1, -0.05) is 18.2 Å². The molecule has 0 radical (unpaired) electrons. The van der Waals surface area contributed by atoms with Crippen molar-refractivity contribution < 1.29 is 9.59 Å². The lowest BCUT2D eigenvalue weighted by Gasteiger charge is -2.36. The summed E-state index contributed by atoms with van der Waals surface area (Å²) >= 11 is 0. The zero-order valence-corrected chi connectivity index (χ0v) is 19.6. The van der Waals surface area contributed by atoms with Gasteiger partial charge in [0, 0.05) is 71.4 Å². The van der Waals surface area contributed by atoms with Crippen molar-refractivity contribution in [1.82, 2.24) is 20.4 Å². The molecule has 32 heavy (non-hydrogen) atoms. The Hall–Kier alpha value is -2.77. The molecule has 2 saturated heterocycles. The summed E-state index contributed by atoms with van der Waals surface area (Å²) in [7, 11) is 1.69. The maximum atomic E-state index is 12.7. The van der Waals surface area contributed by atoms with Crippen molar-refractivity contribution in [2.75, 3.05) is 64.3 Å². The SMILES string of the molecule is CCNC(=NCCC(=O)N1CCN(c2ccccc2)CC1)N1CCC(CC(=O)NC)CC1. The molecular formula is C24H38N6O2. The maximum Gasteiger partial charge on any atom is 0.224 e. The van der Waals surface area contributed by atoms with Crippen LogP contribution >= 0.6 is 0 Å². The van der Waals surface area contributed by atoms with Crippen LogP contribution in [0.2, 0.25) is 0 Å². The number of hydrogen-bond acceptors (Lipinski definition) is 4. The van der Waals surface area contributed by atoms with Gasteiger partial charge < -0.3 is 25.3 Å². The van der Waals surface area contributed by atoms with Crippen molar-refractivity contribution in [1.29, 1.82) is 0 Å². The molecule has 1 aromatic rings. The van der Waals surface area contributed by atoms with Crippen LogP contribution in [-0.4, -0.2) is 87.0 Å². The fourth-order valence-corrected chi connectivity index (χ4v) is 4.41. The summed E-state index contributed by atoms with van der Waals surface area (Å²) in [6.45, 7) is 8.40. The summed E-state index contributed by atoms with van der Waals surface area (Å²) in [5.74, 6) is 1.62. The molecular weight excluding hydrogens is 404 g/mol. The van der Waals surface area contributed by atoms with Gasteiger partial charge in [0.2, 0.25) is 11.8 Å². The molecule has 0 spiro atoms. The molecule has 2 amide bonds.